The van der Waals surface area contributed by atoms with Crippen LogP contribution in [0.15, 0.2) is 34.6 Å². The first-order valence-electron chi connectivity index (χ1n) is 7.60. The molecule has 0 aliphatic rings. The predicted octanol–water partition coefficient (Wildman–Crippen LogP) is 1.88. The lowest BCUT2D eigenvalue weighted by atomic mass is 10.1. The van der Waals surface area contributed by atoms with Crippen LogP contribution in [0.25, 0.3) is 16.0 Å². The van der Waals surface area contributed by atoms with E-state index < -0.39 is 11.5 Å². The molecule has 3 rings (SSSR count). The molecular formula is C17H17N3O4S. The molecule has 2 N–H and O–H groups in total. The van der Waals surface area contributed by atoms with Gasteiger partial charge in [-0.25, -0.2) is 9.78 Å². The molecule has 0 amide bonds. The van der Waals surface area contributed by atoms with Gasteiger partial charge in [0.05, 0.1) is 23.5 Å². The first-order chi connectivity index (χ1) is 12.0. The Kier molecular flexibility index (Phi) is 4.56. The van der Waals surface area contributed by atoms with E-state index in [1.54, 1.807) is 29.6 Å². The largest absolute Gasteiger partial charge is 0.477 e. The predicted molar refractivity (Wildman–Crippen MR) is 97.3 cm³/mol. The van der Waals surface area contributed by atoms with Crippen molar-refractivity contribution < 1.29 is 15.0 Å². The number of fused-ring (bicyclic) bond motifs is 1. The number of aliphatic hydroxyl groups excluding tert-OH is 1. The molecule has 0 saturated heterocycles. The SMILES string of the molecule is Cc1ccc(-n2c(=O)c(C(=O)O)c(N(C)CCO)c3ncsc32)cc1. The lowest BCUT2D eigenvalue weighted by Crippen LogP contribution is -2.31. The van der Waals surface area contributed by atoms with Crippen LogP contribution in [0.5, 0.6) is 0 Å². The molecule has 0 atom stereocenters. The third-order valence-electron chi connectivity index (χ3n) is 3.95. The molecule has 7 nitrogen and oxygen atoms in total. The number of likely N-dealkylation sites (N-methyl/N-ethyl adjacent to an activating group) is 1. The van der Waals surface area contributed by atoms with Crippen molar-refractivity contribution in [1.29, 1.82) is 0 Å². The number of carboxylic acid groups (broad SMARTS) is 1. The molecule has 0 aliphatic carbocycles. The zero-order chi connectivity index (χ0) is 18.1. The Hall–Kier alpha value is -2.71. The molecule has 130 valence electrons. The molecule has 2 heterocycles. The van der Waals surface area contributed by atoms with Crippen LogP contribution >= 0.6 is 11.3 Å². The van der Waals surface area contributed by atoms with Gasteiger partial charge in [-0.05, 0) is 19.1 Å². The van der Waals surface area contributed by atoms with E-state index >= 15 is 0 Å². The number of hydrogen-bond donors (Lipinski definition) is 2. The molecule has 8 heteroatoms. The molecule has 0 fully saturated rings. The van der Waals surface area contributed by atoms with Gasteiger partial charge in [-0.1, -0.05) is 17.7 Å². The summed E-state index contributed by atoms with van der Waals surface area (Å²) < 4.78 is 1.38. The summed E-state index contributed by atoms with van der Waals surface area (Å²) in [7, 11) is 1.63. The number of carboxylic acids is 1. The van der Waals surface area contributed by atoms with Crippen LogP contribution in [0.2, 0.25) is 0 Å². The number of carbonyl (C=O) groups is 1. The van der Waals surface area contributed by atoms with E-state index in [9.17, 15) is 19.8 Å². The van der Waals surface area contributed by atoms with Crippen molar-refractivity contribution in [2.24, 2.45) is 0 Å². The third-order valence-corrected chi connectivity index (χ3v) is 4.76. The maximum absolute atomic E-state index is 13.0. The average molecular weight is 359 g/mol. The number of anilines is 1. The van der Waals surface area contributed by atoms with Crippen LogP contribution in [0.3, 0.4) is 0 Å². The monoisotopic (exact) mass is 359 g/mol. The number of hydrogen-bond acceptors (Lipinski definition) is 6. The van der Waals surface area contributed by atoms with Crippen molar-refractivity contribution in [3.05, 3.63) is 51.3 Å². The molecule has 0 radical (unpaired) electrons. The van der Waals surface area contributed by atoms with Gasteiger partial charge in [0.2, 0.25) is 0 Å². The van der Waals surface area contributed by atoms with Crippen LogP contribution in [0, 0.1) is 6.92 Å². The fourth-order valence-electron chi connectivity index (χ4n) is 2.74. The molecule has 1 aromatic carbocycles. The highest BCUT2D eigenvalue weighted by Crippen LogP contribution is 2.31. The number of benzene rings is 1. The average Bonchev–Trinajstić information content (AvgIpc) is 3.03. The summed E-state index contributed by atoms with van der Waals surface area (Å²) in [6.45, 7) is 1.97. The zero-order valence-electron chi connectivity index (χ0n) is 13.8. The van der Waals surface area contributed by atoms with Gasteiger partial charge in [0.1, 0.15) is 10.3 Å². The summed E-state index contributed by atoms with van der Waals surface area (Å²) in [5, 5.41) is 18.8. The number of aromatic nitrogens is 2. The van der Waals surface area contributed by atoms with E-state index in [0.717, 1.165) is 5.56 Å². The van der Waals surface area contributed by atoms with E-state index in [2.05, 4.69) is 4.98 Å². The molecule has 0 spiro atoms. The number of pyridine rings is 1. The summed E-state index contributed by atoms with van der Waals surface area (Å²) in [4.78, 5) is 31.2. The van der Waals surface area contributed by atoms with Crippen molar-refractivity contribution in [3.63, 3.8) is 0 Å². The minimum Gasteiger partial charge on any atom is -0.477 e. The normalized spacial score (nSPS) is 11.0. The Labute approximate surface area is 147 Å². The quantitative estimate of drug-likeness (QED) is 0.722. The lowest BCUT2D eigenvalue weighted by Gasteiger charge is -2.21. The van der Waals surface area contributed by atoms with Crippen LogP contribution in [-0.2, 0) is 0 Å². The van der Waals surface area contributed by atoms with E-state index in [1.807, 2.05) is 19.1 Å². The molecule has 2 aromatic heterocycles. The Morgan fingerprint density at radius 2 is 2.00 bits per heavy atom. The highest BCUT2D eigenvalue weighted by Gasteiger charge is 2.26. The summed E-state index contributed by atoms with van der Waals surface area (Å²) in [6, 6.07) is 7.28. The number of nitrogens with zero attached hydrogens (tertiary/aromatic N) is 3. The second-order valence-electron chi connectivity index (χ2n) is 5.66. The van der Waals surface area contributed by atoms with Gasteiger partial charge in [-0.15, -0.1) is 11.3 Å². The second kappa shape index (κ2) is 6.66. The Bertz CT molecular complexity index is 992. The van der Waals surface area contributed by atoms with Gasteiger partial charge in [-0.2, -0.15) is 0 Å². The second-order valence-corrected chi connectivity index (χ2v) is 6.49. The van der Waals surface area contributed by atoms with Gasteiger partial charge in [0.15, 0.2) is 5.56 Å². The van der Waals surface area contributed by atoms with E-state index in [1.165, 1.54) is 15.9 Å². The summed E-state index contributed by atoms with van der Waals surface area (Å²) in [5.74, 6) is -1.32. The summed E-state index contributed by atoms with van der Waals surface area (Å²) in [6.07, 6.45) is 0. The maximum atomic E-state index is 13.0. The molecule has 0 aliphatic heterocycles. The topological polar surface area (TPSA) is 95.7 Å². The van der Waals surface area contributed by atoms with Crippen LogP contribution < -0.4 is 10.5 Å². The summed E-state index contributed by atoms with van der Waals surface area (Å²) >= 11 is 1.27. The maximum Gasteiger partial charge on any atom is 0.343 e. The van der Waals surface area contributed by atoms with Crippen LogP contribution in [-0.4, -0.2) is 45.9 Å². The highest BCUT2D eigenvalue weighted by atomic mass is 32.1. The fraction of sp³-hybridized carbons (Fsp3) is 0.235. The number of thiazole rings is 1. The van der Waals surface area contributed by atoms with Gasteiger partial charge in [-0.3, -0.25) is 9.36 Å². The number of rotatable bonds is 5. The third kappa shape index (κ3) is 2.90. The van der Waals surface area contributed by atoms with E-state index in [4.69, 9.17) is 0 Å². The smallest absolute Gasteiger partial charge is 0.343 e. The van der Waals surface area contributed by atoms with E-state index in [-0.39, 0.29) is 24.4 Å². The highest BCUT2D eigenvalue weighted by molar-refractivity contribution is 7.16. The van der Waals surface area contributed by atoms with Crippen molar-refractivity contribution in [3.8, 4) is 5.69 Å². The van der Waals surface area contributed by atoms with Crippen molar-refractivity contribution in [2.75, 3.05) is 25.1 Å². The minimum absolute atomic E-state index is 0.164. The Morgan fingerprint density at radius 1 is 1.32 bits per heavy atom. The van der Waals surface area contributed by atoms with Crippen molar-refractivity contribution >= 4 is 33.3 Å². The summed E-state index contributed by atoms with van der Waals surface area (Å²) in [5.41, 5.74) is 2.89. The number of aryl methyl sites for hydroxylation is 1. The minimum atomic E-state index is -1.32. The van der Waals surface area contributed by atoms with E-state index in [0.29, 0.717) is 16.0 Å². The fourth-order valence-corrected chi connectivity index (χ4v) is 3.55. The van der Waals surface area contributed by atoms with Gasteiger partial charge in [0.25, 0.3) is 5.56 Å². The molecule has 0 unspecified atom stereocenters. The Balaban J connectivity index is 2.41. The first-order valence-corrected chi connectivity index (χ1v) is 8.48. The first kappa shape index (κ1) is 17.1. The zero-order valence-corrected chi connectivity index (χ0v) is 14.6. The number of aromatic carboxylic acids is 1. The molecule has 0 saturated carbocycles. The Morgan fingerprint density at radius 3 is 2.60 bits per heavy atom. The van der Waals surface area contributed by atoms with Gasteiger partial charge < -0.3 is 15.1 Å². The molecule has 25 heavy (non-hydrogen) atoms. The van der Waals surface area contributed by atoms with Crippen LogP contribution in [0.4, 0.5) is 5.69 Å². The van der Waals surface area contributed by atoms with Crippen LogP contribution in [0.1, 0.15) is 15.9 Å². The van der Waals surface area contributed by atoms with Crippen molar-refractivity contribution in [2.45, 2.75) is 6.92 Å². The molecule has 3 aromatic rings. The molecular weight excluding hydrogens is 342 g/mol. The standard InChI is InChI=1S/C17H17N3O4S/c1-10-3-5-11(6-4-10)20-15(22)12(17(23)24)14(19(2)7-8-21)13-16(20)25-9-18-13/h3-6,9,21H,7-8H2,1-2H3,(H,23,24). The molecule has 0 bridgehead atoms. The van der Waals surface area contributed by atoms with Crippen molar-refractivity contribution in [1.82, 2.24) is 9.55 Å². The lowest BCUT2D eigenvalue weighted by molar-refractivity contribution is 0.0695. The van der Waals surface area contributed by atoms with Gasteiger partial charge in [0, 0.05) is 13.6 Å². The number of aliphatic hydroxyl groups is 1. The van der Waals surface area contributed by atoms with Gasteiger partial charge >= 0.3 is 5.97 Å².